The summed E-state index contributed by atoms with van der Waals surface area (Å²) >= 11 is 0. The lowest BCUT2D eigenvalue weighted by Crippen LogP contribution is -2.32. The summed E-state index contributed by atoms with van der Waals surface area (Å²) in [5.41, 5.74) is 2.92. The van der Waals surface area contributed by atoms with Crippen LogP contribution in [0.4, 0.5) is 0 Å². The second-order valence-corrected chi connectivity index (χ2v) is 7.40. The van der Waals surface area contributed by atoms with Crippen molar-refractivity contribution in [2.24, 2.45) is 5.92 Å². The molecule has 3 rings (SSSR count). The second kappa shape index (κ2) is 5.50. The molecule has 0 amide bonds. The van der Waals surface area contributed by atoms with E-state index in [1.54, 1.807) is 0 Å². The number of ether oxygens (including phenoxy) is 1. The van der Waals surface area contributed by atoms with Crippen molar-refractivity contribution in [3.63, 3.8) is 0 Å². The summed E-state index contributed by atoms with van der Waals surface area (Å²) < 4.78 is 6.17. The Labute approximate surface area is 122 Å². The summed E-state index contributed by atoms with van der Waals surface area (Å²) in [4.78, 5) is 0. The summed E-state index contributed by atoms with van der Waals surface area (Å²) in [6, 6.07) is 9.69. The van der Waals surface area contributed by atoms with Crippen LogP contribution >= 0.6 is 0 Å². The molecule has 2 aliphatic rings. The average Bonchev–Trinajstić information content (AvgIpc) is 2.77. The third-order valence-corrected chi connectivity index (χ3v) is 4.88. The molecular formula is C18H27NO. The minimum atomic E-state index is 0.217. The molecule has 1 aromatic carbocycles. The molecule has 1 saturated heterocycles. The maximum Gasteiger partial charge on any atom is 0.0949 e. The van der Waals surface area contributed by atoms with E-state index in [0.717, 1.165) is 19.1 Å². The molecule has 2 fully saturated rings. The van der Waals surface area contributed by atoms with Gasteiger partial charge in [-0.1, -0.05) is 51.5 Å². The molecule has 0 aromatic heterocycles. The van der Waals surface area contributed by atoms with Gasteiger partial charge in [-0.05, 0) is 35.3 Å². The van der Waals surface area contributed by atoms with Crippen molar-refractivity contribution in [3.05, 3.63) is 35.4 Å². The van der Waals surface area contributed by atoms with Gasteiger partial charge in [-0.15, -0.1) is 0 Å². The first-order chi connectivity index (χ1) is 9.54. The molecule has 3 unspecified atom stereocenters. The van der Waals surface area contributed by atoms with E-state index in [9.17, 15) is 0 Å². The quantitative estimate of drug-likeness (QED) is 0.840. The van der Waals surface area contributed by atoms with Crippen molar-refractivity contribution in [2.45, 2.75) is 57.6 Å². The fourth-order valence-corrected chi connectivity index (χ4v) is 3.47. The predicted molar refractivity (Wildman–Crippen MR) is 83.0 cm³/mol. The van der Waals surface area contributed by atoms with Gasteiger partial charge in [-0.2, -0.15) is 0 Å². The summed E-state index contributed by atoms with van der Waals surface area (Å²) in [6.45, 7) is 8.64. The van der Waals surface area contributed by atoms with Gasteiger partial charge in [0.05, 0.1) is 12.7 Å². The molecule has 2 nitrogen and oxygen atoms in total. The molecule has 1 N–H and O–H groups in total. The number of hydrogen-bond acceptors (Lipinski definition) is 2. The molecule has 1 heterocycles. The van der Waals surface area contributed by atoms with Crippen LogP contribution in [0.25, 0.3) is 0 Å². The molecule has 0 bridgehead atoms. The van der Waals surface area contributed by atoms with E-state index in [-0.39, 0.29) is 11.5 Å². The lowest BCUT2D eigenvalue weighted by Gasteiger charge is -2.21. The minimum absolute atomic E-state index is 0.217. The van der Waals surface area contributed by atoms with Gasteiger partial charge < -0.3 is 10.1 Å². The molecular weight excluding hydrogens is 246 g/mol. The lowest BCUT2D eigenvalue weighted by atomic mass is 9.86. The van der Waals surface area contributed by atoms with Crippen molar-refractivity contribution >= 4 is 0 Å². The number of nitrogens with one attached hydrogen (secondary N) is 1. The molecule has 0 radical (unpaired) electrons. The van der Waals surface area contributed by atoms with Crippen LogP contribution in [-0.4, -0.2) is 19.2 Å². The third kappa shape index (κ3) is 2.91. The first kappa shape index (κ1) is 14.1. The smallest absolute Gasteiger partial charge is 0.0949 e. The van der Waals surface area contributed by atoms with Crippen LogP contribution in [0.1, 0.15) is 57.3 Å². The lowest BCUT2D eigenvalue weighted by molar-refractivity contribution is 0.0473. The van der Waals surface area contributed by atoms with Gasteiger partial charge >= 0.3 is 0 Å². The minimum Gasteiger partial charge on any atom is -0.372 e. The van der Waals surface area contributed by atoms with Crippen molar-refractivity contribution in [1.29, 1.82) is 0 Å². The van der Waals surface area contributed by atoms with E-state index in [2.05, 4.69) is 50.4 Å². The second-order valence-electron chi connectivity index (χ2n) is 7.40. The average molecular weight is 273 g/mol. The Balaban J connectivity index is 1.70. The highest BCUT2D eigenvalue weighted by Crippen LogP contribution is 2.32. The highest BCUT2D eigenvalue weighted by molar-refractivity contribution is 5.29. The Hall–Kier alpha value is -0.860. The third-order valence-electron chi connectivity index (χ3n) is 4.88. The first-order valence-electron chi connectivity index (χ1n) is 7.99. The van der Waals surface area contributed by atoms with Gasteiger partial charge in [0, 0.05) is 12.6 Å². The Morgan fingerprint density at radius 2 is 1.85 bits per heavy atom. The van der Waals surface area contributed by atoms with Crippen LogP contribution in [-0.2, 0) is 10.2 Å². The molecule has 20 heavy (non-hydrogen) atoms. The monoisotopic (exact) mass is 273 g/mol. The predicted octanol–water partition coefficient (Wildman–Crippen LogP) is 3.81. The SMILES string of the molecule is CC(C)(C)c1ccc(C2CNC3CCCC3CO2)cc1. The van der Waals surface area contributed by atoms with E-state index >= 15 is 0 Å². The number of hydrogen-bond donors (Lipinski definition) is 1. The van der Waals surface area contributed by atoms with Crippen LogP contribution in [0.3, 0.4) is 0 Å². The number of fused-ring (bicyclic) bond motifs is 1. The van der Waals surface area contributed by atoms with Gasteiger partial charge in [0.1, 0.15) is 0 Å². The largest absolute Gasteiger partial charge is 0.372 e. The van der Waals surface area contributed by atoms with Crippen LogP contribution in [0.5, 0.6) is 0 Å². The molecule has 110 valence electrons. The molecule has 1 aliphatic heterocycles. The zero-order valence-corrected chi connectivity index (χ0v) is 13.0. The molecule has 2 heteroatoms. The fourth-order valence-electron chi connectivity index (χ4n) is 3.47. The van der Waals surface area contributed by atoms with Crippen LogP contribution in [0.15, 0.2) is 24.3 Å². The van der Waals surface area contributed by atoms with E-state index in [0.29, 0.717) is 6.04 Å². The fraction of sp³-hybridized carbons (Fsp3) is 0.667. The molecule has 1 aliphatic carbocycles. The van der Waals surface area contributed by atoms with Crippen molar-refractivity contribution in [3.8, 4) is 0 Å². The van der Waals surface area contributed by atoms with Crippen LogP contribution < -0.4 is 5.32 Å². The highest BCUT2D eigenvalue weighted by atomic mass is 16.5. The number of rotatable bonds is 1. The topological polar surface area (TPSA) is 21.3 Å². The standard InChI is InChI=1S/C18H27NO/c1-18(2,3)15-9-7-13(8-10-15)17-11-19-16-6-4-5-14(16)12-20-17/h7-10,14,16-17,19H,4-6,11-12H2,1-3H3. The Kier molecular flexibility index (Phi) is 3.87. The number of benzene rings is 1. The highest BCUT2D eigenvalue weighted by Gasteiger charge is 2.31. The Morgan fingerprint density at radius 1 is 1.10 bits per heavy atom. The summed E-state index contributed by atoms with van der Waals surface area (Å²) in [7, 11) is 0. The summed E-state index contributed by atoms with van der Waals surface area (Å²) in [6.07, 6.45) is 4.22. The van der Waals surface area contributed by atoms with Gasteiger partial charge in [-0.3, -0.25) is 0 Å². The van der Waals surface area contributed by atoms with Gasteiger partial charge in [0.25, 0.3) is 0 Å². The van der Waals surface area contributed by atoms with Crippen molar-refractivity contribution < 1.29 is 4.74 Å². The van der Waals surface area contributed by atoms with E-state index in [1.165, 1.54) is 30.4 Å². The molecule has 3 atom stereocenters. The van der Waals surface area contributed by atoms with Gasteiger partial charge in [-0.25, -0.2) is 0 Å². The van der Waals surface area contributed by atoms with Gasteiger partial charge in [0.2, 0.25) is 0 Å². The first-order valence-corrected chi connectivity index (χ1v) is 7.99. The van der Waals surface area contributed by atoms with E-state index < -0.39 is 0 Å². The van der Waals surface area contributed by atoms with Crippen LogP contribution in [0, 0.1) is 5.92 Å². The molecule has 0 spiro atoms. The Bertz CT molecular complexity index is 431. The summed E-state index contributed by atoms with van der Waals surface area (Å²) in [5, 5.41) is 3.71. The molecule has 1 aromatic rings. The van der Waals surface area contributed by atoms with Gasteiger partial charge in [0.15, 0.2) is 0 Å². The zero-order valence-electron chi connectivity index (χ0n) is 13.0. The van der Waals surface area contributed by atoms with Crippen molar-refractivity contribution in [1.82, 2.24) is 5.32 Å². The van der Waals surface area contributed by atoms with E-state index in [4.69, 9.17) is 4.74 Å². The van der Waals surface area contributed by atoms with Crippen LogP contribution in [0.2, 0.25) is 0 Å². The van der Waals surface area contributed by atoms with E-state index in [1.807, 2.05) is 0 Å². The summed E-state index contributed by atoms with van der Waals surface area (Å²) in [5.74, 6) is 0.730. The van der Waals surface area contributed by atoms with Crippen molar-refractivity contribution in [2.75, 3.05) is 13.2 Å². The molecule has 1 saturated carbocycles. The maximum absolute atomic E-state index is 6.17. The normalized spacial score (nSPS) is 30.9. The Morgan fingerprint density at radius 3 is 2.55 bits per heavy atom. The maximum atomic E-state index is 6.17. The zero-order chi connectivity index (χ0) is 14.2.